The van der Waals surface area contributed by atoms with Gasteiger partial charge < -0.3 is 29.2 Å². The summed E-state index contributed by atoms with van der Waals surface area (Å²) >= 11 is 0. The van der Waals surface area contributed by atoms with Crippen LogP contribution in [0.25, 0.3) is 0 Å². The van der Waals surface area contributed by atoms with Crippen LogP contribution in [-0.4, -0.2) is 77.8 Å². The minimum absolute atomic E-state index is 0.0486. The number of hydrogen-bond donors (Lipinski definition) is 2. The van der Waals surface area contributed by atoms with Crippen molar-refractivity contribution < 1.29 is 43.5 Å². The van der Waals surface area contributed by atoms with Gasteiger partial charge >= 0.3 is 11.9 Å². The Morgan fingerprint density at radius 1 is 1.24 bits per heavy atom. The van der Waals surface area contributed by atoms with E-state index < -0.39 is 46.4 Å². The smallest absolute Gasteiger partial charge is 0.331 e. The van der Waals surface area contributed by atoms with Crippen LogP contribution in [0.2, 0.25) is 0 Å². The van der Waals surface area contributed by atoms with E-state index >= 15 is 0 Å². The maximum atomic E-state index is 12.8. The molecule has 0 aromatic heterocycles. The number of carbonyl (C=O) groups excluding carboxylic acids is 3. The molecule has 2 aliphatic carbocycles. The zero-order chi connectivity index (χ0) is 27.7. The number of ether oxygens (including phenoxy) is 4. The minimum Gasteiger partial charge on any atom is -0.462 e. The van der Waals surface area contributed by atoms with E-state index in [4.69, 9.17) is 24.1 Å². The van der Waals surface area contributed by atoms with Crippen LogP contribution >= 0.6 is 0 Å². The van der Waals surface area contributed by atoms with E-state index in [1.165, 1.54) is 42.9 Å². The fraction of sp³-hybridized carbons (Fsp3) is 0.621. The summed E-state index contributed by atoms with van der Waals surface area (Å²) in [4.78, 5) is 37.0. The lowest BCUT2D eigenvalue weighted by Crippen LogP contribution is -2.66. The van der Waals surface area contributed by atoms with Crippen molar-refractivity contribution >= 4 is 17.7 Å². The molecule has 9 nitrogen and oxygen atoms in total. The van der Waals surface area contributed by atoms with Crippen LogP contribution in [0.15, 0.2) is 47.6 Å². The highest BCUT2D eigenvalue weighted by Gasteiger charge is 2.83. The summed E-state index contributed by atoms with van der Waals surface area (Å²) < 4.78 is 24.5. The quantitative estimate of drug-likeness (QED) is 0.144. The van der Waals surface area contributed by atoms with E-state index in [2.05, 4.69) is 19.9 Å². The van der Waals surface area contributed by atoms with Gasteiger partial charge in [0.15, 0.2) is 5.78 Å². The third kappa shape index (κ3) is 4.93. The van der Waals surface area contributed by atoms with Crippen molar-refractivity contribution in [3.05, 3.63) is 47.6 Å². The fourth-order valence-electron chi connectivity index (χ4n) is 6.43. The van der Waals surface area contributed by atoms with Crippen LogP contribution in [0, 0.1) is 10.8 Å². The molecule has 1 spiro atoms. The molecule has 4 aliphatic rings. The molecule has 1 saturated carbocycles. The molecule has 38 heavy (non-hydrogen) atoms. The number of allylic oxidation sites excluding steroid dienone is 3. The Bertz CT molecular complexity index is 1080. The molecule has 7 atom stereocenters. The summed E-state index contributed by atoms with van der Waals surface area (Å²) in [5.41, 5.74) is -0.0706. The van der Waals surface area contributed by atoms with Gasteiger partial charge in [-0.3, -0.25) is 4.79 Å². The number of aliphatic hydroxyl groups is 2. The molecule has 0 unspecified atom stereocenters. The zero-order valence-electron chi connectivity index (χ0n) is 22.5. The highest BCUT2D eigenvalue weighted by molar-refractivity contribution is 5.93. The van der Waals surface area contributed by atoms with Gasteiger partial charge in [0.05, 0.1) is 24.2 Å². The molecule has 2 N–H and O–H groups in total. The van der Waals surface area contributed by atoms with E-state index in [1.54, 1.807) is 6.92 Å². The Kier molecular flexibility index (Phi) is 8.14. The number of esters is 2. The van der Waals surface area contributed by atoms with Gasteiger partial charge in [-0.1, -0.05) is 36.3 Å². The molecule has 3 fully saturated rings. The molecule has 2 saturated heterocycles. The molecule has 9 heteroatoms. The largest absolute Gasteiger partial charge is 0.462 e. The highest BCUT2D eigenvalue weighted by Crippen LogP contribution is 2.72. The molecule has 4 rings (SSSR count). The number of rotatable bonds is 10. The monoisotopic (exact) mass is 530 g/mol. The third-order valence-corrected chi connectivity index (χ3v) is 8.83. The van der Waals surface area contributed by atoms with Gasteiger partial charge in [0.1, 0.15) is 24.4 Å². The van der Waals surface area contributed by atoms with Gasteiger partial charge in [0.2, 0.25) is 0 Å². The SMILES string of the molecule is CC1=C[C@H]2O[C@@H]3C[C@@H](OC(=O)/C=C\C=C\C(=O)[C@@H](C)O)[C@](C)([C@@]2(COC(=O)/C=C(\C)CCO)CC1)[C@]31CO1. The Labute approximate surface area is 223 Å². The second-order valence-electron chi connectivity index (χ2n) is 11.1. The fourth-order valence-corrected chi connectivity index (χ4v) is 6.43. The molecule has 0 aromatic rings. The van der Waals surface area contributed by atoms with E-state index in [0.717, 1.165) is 12.0 Å². The van der Waals surface area contributed by atoms with Gasteiger partial charge in [-0.15, -0.1) is 0 Å². The average molecular weight is 531 g/mol. The van der Waals surface area contributed by atoms with E-state index in [-0.39, 0.29) is 25.4 Å². The predicted molar refractivity (Wildman–Crippen MR) is 137 cm³/mol. The van der Waals surface area contributed by atoms with Crippen molar-refractivity contribution in [2.75, 3.05) is 19.8 Å². The van der Waals surface area contributed by atoms with Gasteiger partial charge in [0.25, 0.3) is 0 Å². The van der Waals surface area contributed by atoms with Crippen molar-refractivity contribution in [2.24, 2.45) is 10.8 Å². The van der Waals surface area contributed by atoms with Crippen molar-refractivity contribution in [3.63, 3.8) is 0 Å². The van der Waals surface area contributed by atoms with Crippen LogP contribution in [-0.2, 0) is 33.3 Å². The summed E-state index contributed by atoms with van der Waals surface area (Å²) in [5.74, 6) is -1.52. The van der Waals surface area contributed by atoms with E-state index in [9.17, 15) is 19.5 Å². The topological polar surface area (TPSA) is 132 Å². The molecule has 0 radical (unpaired) electrons. The Hall–Kier alpha value is -2.59. The number of carbonyl (C=O) groups is 3. The summed E-state index contributed by atoms with van der Waals surface area (Å²) in [6.07, 6.45) is 8.78. The molecular weight excluding hydrogens is 492 g/mol. The molecule has 2 bridgehead atoms. The minimum atomic E-state index is -1.11. The lowest BCUT2D eigenvalue weighted by Gasteiger charge is -2.58. The average Bonchev–Trinajstić information content (AvgIpc) is 3.63. The Morgan fingerprint density at radius 2 is 1.95 bits per heavy atom. The first-order chi connectivity index (χ1) is 18.0. The summed E-state index contributed by atoms with van der Waals surface area (Å²) in [7, 11) is 0. The summed E-state index contributed by atoms with van der Waals surface area (Å²) in [5, 5.41) is 18.4. The zero-order valence-corrected chi connectivity index (χ0v) is 22.5. The second kappa shape index (κ2) is 10.9. The number of ketones is 1. The van der Waals surface area contributed by atoms with Crippen LogP contribution in [0.4, 0.5) is 0 Å². The van der Waals surface area contributed by atoms with Crippen molar-refractivity contribution in [1.29, 1.82) is 0 Å². The maximum Gasteiger partial charge on any atom is 0.331 e. The van der Waals surface area contributed by atoms with Gasteiger partial charge in [-0.25, -0.2) is 9.59 Å². The van der Waals surface area contributed by atoms with Gasteiger partial charge in [0, 0.05) is 30.6 Å². The summed E-state index contributed by atoms with van der Waals surface area (Å²) in [6.45, 7) is 7.76. The van der Waals surface area contributed by atoms with Crippen molar-refractivity contribution in [2.45, 2.75) is 83.4 Å². The molecule has 0 amide bonds. The number of epoxide rings is 1. The Balaban J connectivity index is 1.59. The van der Waals surface area contributed by atoms with E-state index in [1.807, 2.05) is 0 Å². The lowest BCUT2D eigenvalue weighted by molar-refractivity contribution is -0.232. The second-order valence-corrected chi connectivity index (χ2v) is 11.1. The van der Waals surface area contributed by atoms with Crippen LogP contribution < -0.4 is 0 Å². The first-order valence-electron chi connectivity index (χ1n) is 13.2. The van der Waals surface area contributed by atoms with Crippen LogP contribution in [0.5, 0.6) is 0 Å². The van der Waals surface area contributed by atoms with E-state index in [0.29, 0.717) is 25.9 Å². The predicted octanol–water partition coefficient (Wildman–Crippen LogP) is 2.51. The van der Waals surface area contributed by atoms with Gasteiger partial charge in [-0.2, -0.15) is 0 Å². The van der Waals surface area contributed by atoms with Crippen molar-refractivity contribution in [3.8, 4) is 0 Å². The molecule has 2 aliphatic heterocycles. The molecule has 2 heterocycles. The maximum absolute atomic E-state index is 12.8. The van der Waals surface area contributed by atoms with Gasteiger partial charge in [-0.05, 0) is 46.1 Å². The van der Waals surface area contributed by atoms with Crippen molar-refractivity contribution in [1.82, 2.24) is 0 Å². The number of hydrogen-bond acceptors (Lipinski definition) is 9. The standard InChI is InChI=1S/C29H38O9/c1-18-9-11-28(16-35-26(34)14-19(2)10-12-30)23(13-18)37-24-15-22(27(28,4)29(24)17-36-29)38-25(33)8-6-5-7-21(32)20(3)31/h5-8,13-14,20,22-24,30-31H,9-12,15-17H2,1-4H3/b7-5+,8-6-,19-14+/t20-,22-,23-,24-,27-,28-,29+/m1/s1. The first-order valence-corrected chi connectivity index (χ1v) is 13.2. The summed E-state index contributed by atoms with van der Waals surface area (Å²) in [6, 6.07) is 0. The number of aliphatic hydroxyl groups excluding tert-OH is 2. The Morgan fingerprint density at radius 3 is 2.61 bits per heavy atom. The normalized spacial score (nSPS) is 36.7. The highest BCUT2D eigenvalue weighted by atomic mass is 16.6. The molecule has 208 valence electrons. The molecular formula is C29H38O9. The van der Waals surface area contributed by atoms with Crippen LogP contribution in [0.3, 0.4) is 0 Å². The molecule has 0 aromatic carbocycles. The first kappa shape index (κ1) is 28.4. The lowest BCUT2D eigenvalue weighted by atomic mass is 9.51. The third-order valence-electron chi connectivity index (χ3n) is 8.83. The van der Waals surface area contributed by atoms with Crippen LogP contribution in [0.1, 0.15) is 53.4 Å². The number of fused-ring (bicyclic) bond motifs is 2.